The van der Waals surface area contributed by atoms with Gasteiger partial charge in [-0.25, -0.2) is 8.42 Å². The SMILES string of the molecule is Cc1ccc(Cn2ncc(S(=O)(=O)Cl)c2C)cc1. The van der Waals surface area contributed by atoms with E-state index in [1.165, 1.54) is 11.8 Å². The van der Waals surface area contributed by atoms with Crippen LogP contribution in [0, 0.1) is 13.8 Å². The number of nitrogens with zero attached hydrogens (tertiary/aromatic N) is 2. The largest absolute Gasteiger partial charge is 0.264 e. The second-order valence-electron chi connectivity index (χ2n) is 4.18. The third-order valence-electron chi connectivity index (χ3n) is 2.77. The monoisotopic (exact) mass is 284 g/mol. The van der Waals surface area contributed by atoms with Crippen LogP contribution in [0.4, 0.5) is 0 Å². The van der Waals surface area contributed by atoms with Gasteiger partial charge in [-0.3, -0.25) is 4.68 Å². The molecule has 4 nitrogen and oxygen atoms in total. The fourth-order valence-corrected chi connectivity index (χ4v) is 2.78. The van der Waals surface area contributed by atoms with Crippen LogP contribution < -0.4 is 0 Å². The maximum atomic E-state index is 11.3. The summed E-state index contributed by atoms with van der Waals surface area (Å²) in [6.45, 7) is 4.23. The molecule has 96 valence electrons. The van der Waals surface area contributed by atoms with Crippen molar-refractivity contribution in [1.82, 2.24) is 9.78 Å². The van der Waals surface area contributed by atoms with Crippen LogP contribution in [-0.2, 0) is 15.6 Å². The molecule has 0 bridgehead atoms. The Hall–Kier alpha value is -1.33. The molecule has 0 aliphatic carbocycles. The Morgan fingerprint density at radius 2 is 1.83 bits per heavy atom. The molecule has 0 amide bonds. The lowest BCUT2D eigenvalue weighted by Crippen LogP contribution is -2.04. The smallest absolute Gasteiger partial charge is 0.264 e. The van der Waals surface area contributed by atoms with Crippen LogP contribution in [0.3, 0.4) is 0 Å². The van der Waals surface area contributed by atoms with E-state index in [2.05, 4.69) is 5.10 Å². The number of rotatable bonds is 3. The first-order valence-electron chi connectivity index (χ1n) is 5.40. The van der Waals surface area contributed by atoms with Gasteiger partial charge in [-0.1, -0.05) is 29.8 Å². The summed E-state index contributed by atoms with van der Waals surface area (Å²) >= 11 is 0. The highest BCUT2D eigenvalue weighted by Gasteiger charge is 2.17. The molecule has 0 aliphatic rings. The summed E-state index contributed by atoms with van der Waals surface area (Å²) in [6.07, 6.45) is 1.28. The lowest BCUT2D eigenvalue weighted by atomic mass is 10.1. The summed E-state index contributed by atoms with van der Waals surface area (Å²) < 4.78 is 24.2. The summed E-state index contributed by atoms with van der Waals surface area (Å²) in [4.78, 5) is 0.0660. The lowest BCUT2D eigenvalue weighted by molar-refractivity contribution is 0.607. The zero-order valence-corrected chi connectivity index (χ0v) is 11.7. The van der Waals surface area contributed by atoms with E-state index in [0.29, 0.717) is 12.2 Å². The molecule has 0 spiro atoms. The number of hydrogen-bond donors (Lipinski definition) is 0. The molecule has 1 aromatic carbocycles. The summed E-state index contributed by atoms with van der Waals surface area (Å²) in [7, 11) is 1.60. The van der Waals surface area contributed by atoms with Crippen molar-refractivity contribution in [3.63, 3.8) is 0 Å². The number of hydrogen-bond acceptors (Lipinski definition) is 3. The molecule has 0 fully saturated rings. The molecule has 0 aliphatic heterocycles. The molecule has 0 radical (unpaired) electrons. The minimum absolute atomic E-state index is 0.0660. The van der Waals surface area contributed by atoms with Gasteiger partial charge in [0, 0.05) is 10.7 Å². The van der Waals surface area contributed by atoms with Crippen molar-refractivity contribution >= 4 is 19.7 Å². The van der Waals surface area contributed by atoms with Crippen LogP contribution >= 0.6 is 10.7 Å². The topological polar surface area (TPSA) is 52.0 Å². The molecule has 0 unspecified atom stereocenters. The molecule has 0 atom stereocenters. The van der Waals surface area contributed by atoms with Gasteiger partial charge in [0.25, 0.3) is 9.05 Å². The third-order valence-corrected chi connectivity index (χ3v) is 4.20. The zero-order valence-electron chi connectivity index (χ0n) is 10.1. The third kappa shape index (κ3) is 2.73. The Morgan fingerprint density at radius 3 is 2.33 bits per heavy atom. The first-order valence-corrected chi connectivity index (χ1v) is 7.71. The van der Waals surface area contributed by atoms with Crippen LogP contribution in [0.1, 0.15) is 16.8 Å². The highest BCUT2D eigenvalue weighted by Crippen LogP contribution is 2.19. The van der Waals surface area contributed by atoms with Crippen molar-refractivity contribution in [2.75, 3.05) is 0 Å². The molecule has 0 N–H and O–H groups in total. The summed E-state index contributed by atoms with van der Waals surface area (Å²) in [6, 6.07) is 8.00. The lowest BCUT2D eigenvalue weighted by Gasteiger charge is -2.05. The first kappa shape index (κ1) is 13.1. The number of aromatic nitrogens is 2. The molecule has 1 heterocycles. The summed E-state index contributed by atoms with van der Waals surface area (Å²) in [5, 5.41) is 4.05. The Labute approximate surface area is 111 Å². The van der Waals surface area contributed by atoms with Gasteiger partial charge in [-0.15, -0.1) is 0 Å². The molecule has 2 aromatic rings. The standard InChI is InChI=1S/C12H13ClN2O2S/c1-9-3-5-11(6-4-9)8-15-10(2)12(7-14-15)18(13,16)17/h3-7H,8H2,1-2H3. The average molecular weight is 285 g/mol. The molecule has 2 rings (SSSR count). The highest BCUT2D eigenvalue weighted by molar-refractivity contribution is 8.13. The normalized spacial score (nSPS) is 11.7. The average Bonchev–Trinajstić information content (AvgIpc) is 2.63. The fourth-order valence-electron chi connectivity index (χ4n) is 1.69. The van der Waals surface area contributed by atoms with Gasteiger partial charge in [-0.2, -0.15) is 5.10 Å². The Kier molecular flexibility index (Phi) is 3.45. The van der Waals surface area contributed by atoms with E-state index in [0.717, 1.165) is 5.56 Å². The van der Waals surface area contributed by atoms with Crippen LogP contribution in [0.5, 0.6) is 0 Å². The predicted molar refractivity (Wildman–Crippen MR) is 70.3 cm³/mol. The molecular formula is C12H13ClN2O2S. The van der Waals surface area contributed by atoms with E-state index in [9.17, 15) is 8.42 Å². The predicted octanol–water partition coefficient (Wildman–Crippen LogP) is 2.48. The molecule has 6 heteroatoms. The number of benzene rings is 1. The maximum Gasteiger partial charge on any atom is 0.264 e. The molecule has 0 saturated carbocycles. The Morgan fingerprint density at radius 1 is 1.22 bits per heavy atom. The Balaban J connectivity index is 2.31. The molecule has 18 heavy (non-hydrogen) atoms. The van der Waals surface area contributed by atoms with Gasteiger partial charge in [0.2, 0.25) is 0 Å². The zero-order chi connectivity index (χ0) is 13.3. The van der Waals surface area contributed by atoms with Crippen molar-refractivity contribution in [3.8, 4) is 0 Å². The number of aryl methyl sites for hydroxylation is 1. The second kappa shape index (κ2) is 4.74. The van der Waals surface area contributed by atoms with Gasteiger partial charge >= 0.3 is 0 Å². The van der Waals surface area contributed by atoms with E-state index in [1.54, 1.807) is 11.6 Å². The van der Waals surface area contributed by atoms with Crippen molar-refractivity contribution in [3.05, 3.63) is 47.3 Å². The minimum Gasteiger partial charge on any atom is -0.264 e. The Bertz CT molecular complexity index is 660. The van der Waals surface area contributed by atoms with Crippen molar-refractivity contribution in [2.24, 2.45) is 0 Å². The maximum absolute atomic E-state index is 11.3. The van der Waals surface area contributed by atoms with Crippen LogP contribution in [0.15, 0.2) is 35.4 Å². The first-order chi connectivity index (χ1) is 8.38. The molecule has 0 saturated heterocycles. The van der Waals surface area contributed by atoms with Crippen LogP contribution in [0.2, 0.25) is 0 Å². The fraction of sp³-hybridized carbons (Fsp3) is 0.250. The summed E-state index contributed by atoms with van der Waals surface area (Å²) in [5.41, 5.74) is 2.79. The second-order valence-corrected chi connectivity index (χ2v) is 6.71. The quantitative estimate of drug-likeness (QED) is 0.814. The van der Waals surface area contributed by atoms with Gasteiger partial charge in [-0.05, 0) is 19.4 Å². The van der Waals surface area contributed by atoms with Gasteiger partial charge in [0.15, 0.2) is 0 Å². The van der Waals surface area contributed by atoms with Gasteiger partial charge in [0.05, 0.1) is 18.4 Å². The minimum atomic E-state index is -3.72. The van der Waals surface area contributed by atoms with Crippen molar-refractivity contribution in [1.29, 1.82) is 0 Å². The van der Waals surface area contributed by atoms with Crippen molar-refractivity contribution in [2.45, 2.75) is 25.3 Å². The summed E-state index contributed by atoms with van der Waals surface area (Å²) in [5.74, 6) is 0. The molecular weight excluding hydrogens is 272 g/mol. The number of halogens is 1. The van der Waals surface area contributed by atoms with E-state index < -0.39 is 9.05 Å². The highest BCUT2D eigenvalue weighted by atomic mass is 35.7. The van der Waals surface area contributed by atoms with E-state index in [1.807, 2.05) is 31.2 Å². The van der Waals surface area contributed by atoms with E-state index in [4.69, 9.17) is 10.7 Å². The van der Waals surface area contributed by atoms with Crippen LogP contribution in [0.25, 0.3) is 0 Å². The van der Waals surface area contributed by atoms with Crippen LogP contribution in [-0.4, -0.2) is 18.2 Å². The van der Waals surface area contributed by atoms with E-state index in [-0.39, 0.29) is 4.90 Å². The molecule has 1 aromatic heterocycles. The van der Waals surface area contributed by atoms with Gasteiger partial charge in [0.1, 0.15) is 4.90 Å². The van der Waals surface area contributed by atoms with Gasteiger partial charge < -0.3 is 0 Å². The van der Waals surface area contributed by atoms with Crippen molar-refractivity contribution < 1.29 is 8.42 Å². The van der Waals surface area contributed by atoms with E-state index >= 15 is 0 Å².